The number of rotatable bonds is 9. The summed E-state index contributed by atoms with van der Waals surface area (Å²) in [5, 5.41) is 7.67. The number of phosphoric ester groups is 2. The summed E-state index contributed by atoms with van der Waals surface area (Å²) in [5.74, 6) is 3.13. The van der Waals surface area contributed by atoms with Gasteiger partial charge in [-0.3, -0.25) is 4.62 Å². The molecule has 13 rings (SSSR count). The monoisotopic (exact) mass is 713 g/mol. The Morgan fingerprint density at radius 3 is 2.34 bits per heavy atom. The van der Waals surface area contributed by atoms with Crippen molar-refractivity contribution in [1.29, 1.82) is 0 Å². The second-order valence-corrected chi connectivity index (χ2v) is 15.8. The zero-order valence-electron chi connectivity index (χ0n) is 24.3. The lowest BCUT2D eigenvalue weighted by Gasteiger charge is -2.45. The molecule has 11 aliphatic heterocycles. The fraction of sp³-hybridized carbons (Fsp3) is 0.440. The number of likely N-dealkylation sites (tertiary alicyclic amines) is 1. The number of ether oxygens (including phenoxy) is 2. The maximum atomic E-state index is 13.4. The number of nitrogens with two attached hydrogens (primary N) is 1. The number of piperidine rings is 1. The Labute approximate surface area is 266 Å². The Bertz CT molecular complexity index is 1860. The molecule has 0 aromatic heterocycles. The molecule has 11 bridgehead atoms. The molecule has 2 N–H and O–H groups in total. The second kappa shape index (κ2) is 10.5. The topological polar surface area (TPSA) is 210 Å². The Morgan fingerprint density at radius 2 is 1.62 bits per heavy atom. The number of hydrazone groups is 1. The zero-order valence-corrected chi connectivity index (χ0v) is 26.9. The van der Waals surface area contributed by atoms with Gasteiger partial charge in [0.1, 0.15) is 11.3 Å². The van der Waals surface area contributed by atoms with Crippen molar-refractivity contribution in [2.45, 2.75) is 38.1 Å². The predicted molar refractivity (Wildman–Crippen MR) is 156 cm³/mol. The summed E-state index contributed by atoms with van der Waals surface area (Å²) in [6.07, 6.45) is 5.57. The molecule has 0 spiro atoms. The first-order chi connectivity index (χ1) is 22.6. The van der Waals surface area contributed by atoms with Crippen LogP contribution in [0.1, 0.15) is 43.2 Å². The minimum atomic E-state index is -4.53. The number of fused-ring (bicyclic) bond motifs is 2. The molecule has 2 aromatic rings. The van der Waals surface area contributed by atoms with Gasteiger partial charge in [0, 0.05) is 6.54 Å². The molecule has 250 valence electrons. The summed E-state index contributed by atoms with van der Waals surface area (Å²) in [7, 11) is -13.1. The molecule has 2 atom stereocenters. The number of hydroxylamine groups is 2. The minimum Gasteiger partial charge on any atom is -0.494 e. The first kappa shape index (κ1) is 29.6. The number of phosphoric acid groups is 3. The number of nitrogens with zero attached hydrogens (tertiary/aromatic N) is 4. The van der Waals surface area contributed by atoms with E-state index >= 15 is 0 Å². The van der Waals surface area contributed by atoms with E-state index in [4.69, 9.17) is 56.3 Å². The summed E-state index contributed by atoms with van der Waals surface area (Å²) >= 11 is 0. The fourth-order valence-electron chi connectivity index (χ4n) is 6.17. The van der Waals surface area contributed by atoms with Gasteiger partial charge in [0.15, 0.2) is 11.5 Å². The van der Waals surface area contributed by atoms with E-state index in [-0.39, 0.29) is 46.6 Å². The van der Waals surface area contributed by atoms with Crippen molar-refractivity contribution in [2.24, 2.45) is 22.0 Å². The minimum absolute atomic E-state index is 0.0723. The van der Waals surface area contributed by atoms with Gasteiger partial charge in [-0.1, -0.05) is 10.4 Å². The molecule has 22 heteroatoms. The highest BCUT2D eigenvalue weighted by atomic mass is 31.2. The van der Waals surface area contributed by atoms with Crippen LogP contribution in [-0.2, 0) is 36.6 Å². The van der Waals surface area contributed by atoms with E-state index in [1.54, 1.807) is 6.21 Å². The molecule has 2 fully saturated rings. The van der Waals surface area contributed by atoms with Gasteiger partial charge in [-0.15, -0.1) is 9.25 Å². The van der Waals surface area contributed by atoms with Gasteiger partial charge in [0.05, 0.1) is 19.2 Å². The van der Waals surface area contributed by atoms with Crippen molar-refractivity contribution in [1.82, 2.24) is 10.1 Å². The highest BCUT2D eigenvalue weighted by Gasteiger charge is 2.67. The van der Waals surface area contributed by atoms with E-state index in [1.807, 2.05) is 24.3 Å². The lowest BCUT2D eigenvalue weighted by molar-refractivity contribution is -0.357. The second-order valence-electron chi connectivity index (χ2n) is 11.5. The smallest absolute Gasteiger partial charge is 0.494 e. The zero-order chi connectivity index (χ0) is 32.0. The van der Waals surface area contributed by atoms with Crippen LogP contribution in [0.2, 0.25) is 0 Å². The van der Waals surface area contributed by atoms with E-state index < -0.39 is 29.4 Å². The molecule has 0 aliphatic carbocycles. The van der Waals surface area contributed by atoms with E-state index in [1.165, 1.54) is 0 Å². The van der Waals surface area contributed by atoms with Gasteiger partial charge in [-0.05, 0) is 74.5 Å². The van der Waals surface area contributed by atoms with E-state index in [2.05, 4.69) is 15.2 Å². The maximum absolute atomic E-state index is 13.4. The predicted octanol–water partition coefficient (Wildman–Crippen LogP) is 4.77. The van der Waals surface area contributed by atoms with Crippen LogP contribution in [0.3, 0.4) is 0 Å². The van der Waals surface area contributed by atoms with Crippen LogP contribution in [0.5, 0.6) is 34.5 Å². The van der Waals surface area contributed by atoms with Gasteiger partial charge in [-0.2, -0.15) is 9.67 Å². The number of hydrogen-bond acceptors (Lipinski definition) is 19. The van der Waals surface area contributed by atoms with Gasteiger partial charge < -0.3 is 38.3 Å². The molecule has 11 heterocycles. The average molecular weight is 713 g/mol. The normalized spacial score (nSPS) is 32.7. The summed E-state index contributed by atoms with van der Waals surface area (Å²) in [6.45, 7) is 2.68. The molecule has 47 heavy (non-hydrogen) atoms. The quantitative estimate of drug-likeness (QED) is 0.122. The van der Waals surface area contributed by atoms with Gasteiger partial charge in [0.2, 0.25) is 23.1 Å². The highest BCUT2D eigenvalue weighted by Crippen LogP contribution is 2.78. The van der Waals surface area contributed by atoms with E-state index in [0.29, 0.717) is 24.3 Å². The molecule has 0 radical (unpaired) electrons. The van der Waals surface area contributed by atoms with Gasteiger partial charge in [0.25, 0.3) is 0 Å². The van der Waals surface area contributed by atoms with Crippen LogP contribution in [0.4, 0.5) is 0 Å². The van der Waals surface area contributed by atoms with E-state index in [9.17, 15) is 13.7 Å². The van der Waals surface area contributed by atoms with Crippen molar-refractivity contribution in [2.75, 3.05) is 26.2 Å². The molecule has 2 aromatic carbocycles. The van der Waals surface area contributed by atoms with Crippen molar-refractivity contribution in [3.63, 3.8) is 0 Å². The molecular formula is C25H26N5O14P3. The molecular weight excluding hydrogens is 687 g/mol. The average Bonchev–Trinajstić information content (AvgIpc) is 3.10. The third-order valence-corrected chi connectivity index (χ3v) is 12.0. The lowest BCUT2D eigenvalue weighted by Crippen LogP contribution is -2.52. The standard InChI is InChI=1S/C25H26N5O14P3/c26-27-14-16-3-5-17(6-4-16)34-13-1-2-15-7-10-29(11-8-15)12-9-25-35-21-22-19-18-20(23(21)39-45(31,36-19)38-22)37-46(32)42-28-24(18)30(43-46)44-47(33,40-25)41-25/h3-6,14-15H,1-2,7-13,26H2/b27-14+. The van der Waals surface area contributed by atoms with Crippen molar-refractivity contribution in [3.05, 3.63) is 35.4 Å². The van der Waals surface area contributed by atoms with Crippen LogP contribution in [0, 0.1) is 5.92 Å². The van der Waals surface area contributed by atoms with Crippen LogP contribution in [0.15, 0.2) is 34.5 Å². The highest BCUT2D eigenvalue weighted by molar-refractivity contribution is 7.50. The number of oxime groups is 1. The molecule has 0 saturated carbocycles. The van der Waals surface area contributed by atoms with Gasteiger partial charge >= 0.3 is 29.4 Å². The first-order valence-corrected chi connectivity index (χ1v) is 19.1. The SMILES string of the molecule is N/N=C/c1ccc(OCCCC2CCN(CCC34Oc5c6c7c8c(c5OP(=O)(O6)O7)OP5(=O)ON=C8N(O5)OP(=O)(O3)O4)CC2)cc1. The Hall–Kier alpha value is -3.53. The molecule has 2 unspecified atom stereocenters. The Balaban J connectivity index is 0.862. The van der Waals surface area contributed by atoms with Crippen LogP contribution >= 0.6 is 23.5 Å². The third-order valence-electron chi connectivity index (χ3n) is 8.39. The van der Waals surface area contributed by atoms with E-state index in [0.717, 1.165) is 50.1 Å². The number of benzene rings is 2. The summed E-state index contributed by atoms with van der Waals surface area (Å²) in [6, 6.07) is 7.58. The fourth-order valence-corrected chi connectivity index (χ4v) is 9.78. The van der Waals surface area contributed by atoms with Gasteiger partial charge in [-0.25, -0.2) is 18.2 Å². The Morgan fingerprint density at radius 1 is 0.936 bits per heavy atom. The maximum Gasteiger partial charge on any atom is 0.647 e. The van der Waals surface area contributed by atoms with Crippen LogP contribution in [0.25, 0.3) is 0 Å². The summed E-state index contributed by atoms with van der Waals surface area (Å²) in [5.41, 5.74) is 0.805. The molecule has 19 nitrogen and oxygen atoms in total. The van der Waals surface area contributed by atoms with Crippen LogP contribution < -0.4 is 33.4 Å². The lowest BCUT2D eigenvalue weighted by atomic mass is 9.92. The first-order valence-electron chi connectivity index (χ1n) is 14.7. The van der Waals surface area contributed by atoms with Crippen molar-refractivity contribution >= 4 is 35.5 Å². The Kier molecular flexibility index (Phi) is 6.60. The summed E-state index contributed by atoms with van der Waals surface area (Å²) in [4.78, 5) is 2.22. The largest absolute Gasteiger partial charge is 0.647 e. The number of amidine groups is 1. The van der Waals surface area contributed by atoms with Crippen molar-refractivity contribution in [3.8, 4) is 34.5 Å². The van der Waals surface area contributed by atoms with Crippen molar-refractivity contribution < 1.29 is 64.2 Å². The van der Waals surface area contributed by atoms with Crippen LogP contribution in [-0.4, -0.2) is 54.4 Å². The molecule has 11 aliphatic rings. The summed E-state index contributed by atoms with van der Waals surface area (Å²) < 4.78 is 100. The third kappa shape index (κ3) is 5.04. The number of hydrogen-bond donors (Lipinski definition) is 1. The molecule has 0 amide bonds. The molecule has 2 saturated heterocycles.